The molecule has 102 valence electrons. The molecule has 6 nitrogen and oxygen atoms in total. The summed E-state index contributed by atoms with van der Waals surface area (Å²) in [5.74, 6) is 0. The molecule has 0 saturated carbocycles. The van der Waals surface area contributed by atoms with Gasteiger partial charge in [-0.3, -0.25) is 0 Å². The average molecular weight is 276 g/mol. The summed E-state index contributed by atoms with van der Waals surface area (Å²) in [6.45, 7) is 3.41. The lowest BCUT2D eigenvalue weighted by molar-refractivity contribution is -0.779. The molecule has 0 amide bonds. The summed E-state index contributed by atoms with van der Waals surface area (Å²) in [5, 5.41) is 38.5. The quantitative estimate of drug-likeness (QED) is 0.500. The molecule has 1 aromatic heterocycles. The molecule has 1 aliphatic heterocycles. The van der Waals surface area contributed by atoms with E-state index in [9.17, 15) is 15.3 Å². The second kappa shape index (κ2) is 5.20. The lowest BCUT2D eigenvalue weighted by Gasteiger charge is -2.36. The highest BCUT2D eigenvalue weighted by molar-refractivity contribution is 7.09. The molecule has 0 spiro atoms. The lowest BCUT2D eigenvalue weighted by Crippen LogP contribution is -2.62. The highest BCUT2D eigenvalue weighted by atomic mass is 32.1. The predicted molar refractivity (Wildman–Crippen MR) is 63.0 cm³/mol. The fourth-order valence-electron chi connectivity index (χ4n) is 2.04. The molecule has 2 heterocycles. The van der Waals surface area contributed by atoms with Crippen molar-refractivity contribution in [2.45, 2.75) is 44.5 Å². The van der Waals surface area contributed by atoms with Crippen LogP contribution >= 0.6 is 11.3 Å². The standard InChI is InChI=1S/C11H18NO5S/c1-5-6(2)18-4-12(5)11-10(16)9(15)8(14)7(3-13)17-11/h4,7-11,13-16H,3H2,1-2H3/q+1/t7-,8-,9+,10-,11-/m1/s1. The molecule has 5 atom stereocenters. The van der Waals surface area contributed by atoms with Crippen molar-refractivity contribution in [1.82, 2.24) is 0 Å². The first-order valence-corrected chi connectivity index (χ1v) is 6.61. The fraction of sp³-hybridized carbons (Fsp3) is 0.727. The van der Waals surface area contributed by atoms with Crippen LogP contribution in [-0.2, 0) is 4.74 Å². The smallest absolute Gasteiger partial charge is 0.293 e. The molecular weight excluding hydrogens is 258 g/mol. The van der Waals surface area contributed by atoms with Crippen LogP contribution in [0.1, 0.15) is 16.8 Å². The number of aliphatic hydroxyl groups excluding tert-OH is 4. The van der Waals surface area contributed by atoms with E-state index < -0.39 is 37.3 Å². The number of ether oxygens (including phenoxy) is 1. The van der Waals surface area contributed by atoms with E-state index in [0.29, 0.717) is 0 Å². The van der Waals surface area contributed by atoms with Crippen molar-refractivity contribution in [3.63, 3.8) is 0 Å². The highest BCUT2D eigenvalue weighted by Gasteiger charge is 2.48. The molecule has 7 heteroatoms. The number of nitrogens with zero attached hydrogens (tertiary/aromatic N) is 1. The van der Waals surface area contributed by atoms with Gasteiger partial charge in [0.25, 0.3) is 6.23 Å². The molecule has 18 heavy (non-hydrogen) atoms. The number of hydrogen-bond donors (Lipinski definition) is 4. The van der Waals surface area contributed by atoms with Crippen molar-refractivity contribution in [3.05, 3.63) is 16.1 Å². The van der Waals surface area contributed by atoms with Gasteiger partial charge in [0.1, 0.15) is 18.3 Å². The number of rotatable bonds is 2. The van der Waals surface area contributed by atoms with Crippen molar-refractivity contribution >= 4 is 11.3 Å². The second-order valence-corrected chi connectivity index (χ2v) is 5.55. The normalized spacial score (nSPS) is 36.9. The largest absolute Gasteiger partial charge is 0.394 e. The zero-order valence-electron chi connectivity index (χ0n) is 10.2. The van der Waals surface area contributed by atoms with Crippen LogP contribution in [0, 0.1) is 13.8 Å². The lowest BCUT2D eigenvalue weighted by atomic mass is 9.98. The van der Waals surface area contributed by atoms with E-state index in [4.69, 9.17) is 9.84 Å². The minimum atomic E-state index is -1.34. The summed E-state index contributed by atoms with van der Waals surface area (Å²) in [7, 11) is 0. The maximum absolute atomic E-state index is 9.98. The zero-order chi connectivity index (χ0) is 13.4. The zero-order valence-corrected chi connectivity index (χ0v) is 11.0. The number of thiazole rings is 1. The van der Waals surface area contributed by atoms with E-state index in [1.54, 1.807) is 10.1 Å². The monoisotopic (exact) mass is 276 g/mol. The van der Waals surface area contributed by atoms with Gasteiger partial charge in [-0.25, -0.2) is 0 Å². The molecule has 0 unspecified atom stereocenters. The topological polar surface area (TPSA) is 94.0 Å². The molecule has 1 fully saturated rings. The Morgan fingerprint density at radius 2 is 1.89 bits per heavy atom. The first kappa shape index (κ1) is 13.9. The van der Waals surface area contributed by atoms with Crippen molar-refractivity contribution in [2.24, 2.45) is 0 Å². The van der Waals surface area contributed by atoms with E-state index >= 15 is 0 Å². The average Bonchev–Trinajstić information content (AvgIpc) is 2.68. The summed E-state index contributed by atoms with van der Waals surface area (Å²) < 4.78 is 7.18. The maximum atomic E-state index is 9.98. The molecule has 0 aromatic carbocycles. The first-order chi connectivity index (χ1) is 8.47. The first-order valence-electron chi connectivity index (χ1n) is 5.73. The van der Waals surface area contributed by atoms with E-state index in [0.717, 1.165) is 10.6 Å². The van der Waals surface area contributed by atoms with E-state index in [2.05, 4.69) is 0 Å². The fourth-order valence-corrected chi connectivity index (χ4v) is 2.87. The number of aryl methyl sites for hydroxylation is 1. The number of aromatic nitrogens is 1. The Balaban J connectivity index is 2.30. The van der Waals surface area contributed by atoms with Gasteiger partial charge in [0.2, 0.25) is 5.51 Å². The number of hydrogen-bond acceptors (Lipinski definition) is 6. The summed E-state index contributed by atoms with van der Waals surface area (Å²) in [4.78, 5) is 1.08. The van der Waals surface area contributed by atoms with Gasteiger partial charge >= 0.3 is 0 Å². The summed E-state index contributed by atoms with van der Waals surface area (Å²) in [6.07, 6.45) is -5.57. The molecular formula is C11H18NO5S+. The molecule has 1 aromatic rings. The van der Waals surface area contributed by atoms with E-state index in [-0.39, 0.29) is 0 Å². The van der Waals surface area contributed by atoms with Gasteiger partial charge < -0.3 is 25.2 Å². The van der Waals surface area contributed by atoms with Crippen LogP contribution in [0.25, 0.3) is 0 Å². The van der Waals surface area contributed by atoms with Crippen molar-refractivity contribution in [3.8, 4) is 0 Å². The Kier molecular flexibility index (Phi) is 4.00. The third-order valence-electron chi connectivity index (χ3n) is 3.38. The summed E-state index contributed by atoms with van der Waals surface area (Å²) >= 11 is 1.50. The van der Waals surface area contributed by atoms with Crippen molar-refractivity contribution in [1.29, 1.82) is 0 Å². The van der Waals surface area contributed by atoms with Crippen LogP contribution in [0.3, 0.4) is 0 Å². The van der Waals surface area contributed by atoms with Crippen LogP contribution < -0.4 is 4.57 Å². The second-order valence-electron chi connectivity index (χ2n) is 4.49. The molecule has 0 radical (unpaired) electrons. The molecule has 0 aliphatic carbocycles. The Hall–Kier alpha value is -0.570. The summed E-state index contributed by atoms with van der Waals surface area (Å²) in [6, 6.07) is 0. The van der Waals surface area contributed by atoms with Crippen LogP contribution in [0.4, 0.5) is 0 Å². The minimum Gasteiger partial charge on any atom is -0.394 e. The molecule has 0 bridgehead atoms. The van der Waals surface area contributed by atoms with Crippen LogP contribution in [0.5, 0.6) is 0 Å². The Morgan fingerprint density at radius 3 is 2.39 bits per heavy atom. The van der Waals surface area contributed by atoms with Crippen LogP contribution in [0.2, 0.25) is 0 Å². The van der Waals surface area contributed by atoms with E-state index in [1.165, 1.54) is 11.3 Å². The Morgan fingerprint density at radius 1 is 1.22 bits per heavy atom. The van der Waals surface area contributed by atoms with Gasteiger partial charge in [-0.15, -0.1) is 0 Å². The summed E-state index contributed by atoms with van der Waals surface area (Å²) in [5.41, 5.74) is 2.71. The molecule has 1 saturated heterocycles. The Labute approximate surface area is 109 Å². The third kappa shape index (κ3) is 2.18. The van der Waals surface area contributed by atoms with Crippen molar-refractivity contribution < 1.29 is 29.7 Å². The maximum Gasteiger partial charge on any atom is 0.293 e. The van der Waals surface area contributed by atoms with E-state index in [1.807, 2.05) is 13.8 Å². The Bertz CT molecular complexity index is 422. The van der Waals surface area contributed by atoms with Gasteiger partial charge in [-0.2, -0.15) is 4.57 Å². The minimum absolute atomic E-state index is 0.413. The molecule has 1 aliphatic rings. The number of aliphatic hydroxyl groups is 4. The highest BCUT2D eigenvalue weighted by Crippen LogP contribution is 2.26. The van der Waals surface area contributed by atoms with Crippen molar-refractivity contribution in [2.75, 3.05) is 6.61 Å². The van der Waals surface area contributed by atoms with Crippen LogP contribution in [0.15, 0.2) is 5.51 Å². The predicted octanol–water partition coefficient (Wildman–Crippen LogP) is -1.38. The molecule has 4 N–H and O–H groups in total. The SMILES string of the molecule is Cc1sc[n+]([C@@H]2O[C@H](CO)[C@@H](O)[C@H](O)[C@H]2O)c1C. The van der Waals surface area contributed by atoms with Gasteiger partial charge in [0.05, 0.1) is 11.5 Å². The van der Waals surface area contributed by atoms with Gasteiger partial charge in [-0.1, -0.05) is 11.3 Å². The third-order valence-corrected chi connectivity index (χ3v) is 4.36. The molecule has 2 rings (SSSR count). The van der Waals surface area contributed by atoms with Gasteiger partial charge in [0, 0.05) is 6.92 Å². The van der Waals surface area contributed by atoms with Crippen LogP contribution in [-0.4, -0.2) is 51.4 Å². The van der Waals surface area contributed by atoms with Gasteiger partial charge in [0.15, 0.2) is 11.8 Å². The van der Waals surface area contributed by atoms with Gasteiger partial charge in [-0.05, 0) is 6.92 Å².